The molecule has 0 heterocycles. The Bertz CT molecular complexity index is 1230. The maximum atomic E-state index is 13.5. The van der Waals surface area contributed by atoms with Crippen LogP contribution in [-0.4, -0.2) is 27.0 Å². The maximum absolute atomic E-state index is 13.5. The first kappa shape index (κ1) is 24.9. The fourth-order valence-electron chi connectivity index (χ4n) is 3.04. The Kier molecular flexibility index (Phi) is 7.89. The molecule has 0 saturated heterocycles. The van der Waals surface area contributed by atoms with E-state index in [1.165, 1.54) is 18.2 Å². The third kappa shape index (κ3) is 6.19. The van der Waals surface area contributed by atoms with Crippen LogP contribution in [-0.2, 0) is 14.8 Å². The molecule has 0 radical (unpaired) electrons. The lowest BCUT2D eigenvalue weighted by molar-refractivity contribution is -0.114. The van der Waals surface area contributed by atoms with Crippen LogP contribution in [0.2, 0.25) is 10.0 Å². The van der Waals surface area contributed by atoms with Crippen molar-refractivity contribution in [2.75, 3.05) is 16.2 Å². The van der Waals surface area contributed by atoms with Gasteiger partial charge in [0, 0.05) is 5.69 Å². The largest absolute Gasteiger partial charge is 0.491 e. The number of amides is 1. The molecule has 3 aromatic carbocycles. The van der Waals surface area contributed by atoms with Crippen LogP contribution >= 0.6 is 23.2 Å². The van der Waals surface area contributed by atoms with Gasteiger partial charge in [0.1, 0.15) is 12.3 Å². The van der Waals surface area contributed by atoms with Crippen molar-refractivity contribution in [3.63, 3.8) is 0 Å². The molecule has 3 rings (SSSR count). The van der Waals surface area contributed by atoms with Crippen molar-refractivity contribution in [3.05, 3.63) is 82.3 Å². The molecular weight excluding hydrogens is 483 g/mol. The molecule has 0 fully saturated rings. The molecule has 3 aromatic rings. The number of anilines is 2. The van der Waals surface area contributed by atoms with Gasteiger partial charge in [-0.25, -0.2) is 8.42 Å². The van der Waals surface area contributed by atoms with Gasteiger partial charge in [0.05, 0.1) is 26.7 Å². The highest BCUT2D eigenvalue weighted by atomic mass is 35.5. The molecule has 9 heteroatoms. The standard InChI is InChI=1S/C24H24Cl2N2O4S/c1-16(2)32-19-11-9-18(10-12-19)27-23(29)15-28(22-6-4-5-21(25)24(22)26)33(30,31)20-13-7-17(3)8-14-20/h4-14,16H,15H2,1-3H3,(H,27,29). The summed E-state index contributed by atoms with van der Waals surface area (Å²) in [5.74, 6) is 0.122. The van der Waals surface area contributed by atoms with E-state index in [-0.39, 0.29) is 26.7 Å². The van der Waals surface area contributed by atoms with E-state index in [4.69, 9.17) is 27.9 Å². The van der Waals surface area contributed by atoms with E-state index in [0.29, 0.717) is 11.4 Å². The molecule has 6 nitrogen and oxygen atoms in total. The van der Waals surface area contributed by atoms with Crippen LogP contribution in [0.1, 0.15) is 19.4 Å². The van der Waals surface area contributed by atoms with E-state index in [1.54, 1.807) is 48.5 Å². The summed E-state index contributed by atoms with van der Waals surface area (Å²) in [5.41, 5.74) is 1.52. The first-order chi connectivity index (χ1) is 15.6. The summed E-state index contributed by atoms with van der Waals surface area (Å²) < 4.78 is 33.5. The van der Waals surface area contributed by atoms with Crippen LogP contribution in [0.25, 0.3) is 0 Å². The number of nitrogens with one attached hydrogen (secondary N) is 1. The van der Waals surface area contributed by atoms with E-state index in [9.17, 15) is 13.2 Å². The van der Waals surface area contributed by atoms with Crippen LogP contribution < -0.4 is 14.4 Å². The van der Waals surface area contributed by atoms with Gasteiger partial charge in [0.15, 0.2) is 0 Å². The number of hydrogen-bond acceptors (Lipinski definition) is 4. The van der Waals surface area contributed by atoms with Gasteiger partial charge < -0.3 is 10.1 Å². The van der Waals surface area contributed by atoms with Gasteiger partial charge in [0.25, 0.3) is 10.0 Å². The van der Waals surface area contributed by atoms with Crippen LogP contribution in [0.15, 0.2) is 71.6 Å². The van der Waals surface area contributed by atoms with Crippen LogP contribution in [0.3, 0.4) is 0 Å². The summed E-state index contributed by atoms with van der Waals surface area (Å²) in [5, 5.41) is 2.93. The lowest BCUT2D eigenvalue weighted by Gasteiger charge is -2.25. The molecule has 0 unspecified atom stereocenters. The zero-order valence-corrected chi connectivity index (χ0v) is 20.7. The Labute approximate surface area is 204 Å². The van der Waals surface area contributed by atoms with Crippen molar-refractivity contribution < 1.29 is 17.9 Å². The van der Waals surface area contributed by atoms with Gasteiger partial charge in [0.2, 0.25) is 5.91 Å². The number of nitrogens with zero attached hydrogens (tertiary/aromatic N) is 1. The predicted octanol–water partition coefficient (Wildman–Crippen LogP) is 5.92. The zero-order valence-electron chi connectivity index (χ0n) is 18.4. The number of sulfonamides is 1. The highest BCUT2D eigenvalue weighted by molar-refractivity contribution is 7.92. The molecule has 0 aliphatic carbocycles. The normalized spacial score (nSPS) is 11.3. The first-order valence-corrected chi connectivity index (χ1v) is 12.4. The summed E-state index contributed by atoms with van der Waals surface area (Å²) in [4.78, 5) is 12.9. The molecule has 1 amide bonds. The second-order valence-corrected chi connectivity index (χ2v) is 10.3. The van der Waals surface area contributed by atoms with E-state index in [0.717, 1.165) is 9.87 Å². The Balaban J connectivity index is 1.90. The summed E-state index contributed by atoms with van der Waals surface area (Å²) in [7, 11) is -4.11. The number of benzene rings is 3. The average Bonchev–Trinajstić information content (AvgIpc) is 2.75. The summed E-state index contributed by atoms with van der Waals surface area (Å²) in [6.07, 6.45) is 0.0217. The van der Waals surface area contributed by atoms with Gasteiger partial charge >= 0.3 is 0 Å². The monoisotopic (exact) mass is 506 g/mol. The maximum Gasteiger partial charge on any atom is 0.264 e. The second-order valence-electron chi connectivity index (χ2n) is 7.64. The highest BCUT2D eigenvalue weighted by Gasteiger charge is 2.29. The van der Waals surface area contributed by atoms with E-state index >= 15 is 0 Å². The van der Waals surface area contributed by atoms with Crippen molar-refractivity contribution in [2.45, 2.75) is 31.8 Å². The molecule has 0 saturated carbocycles. The number of rotatable bonds is 8. The van der Waals surface area contributed by atoms with Crippen molar-refractivity contribution in [3.8, 4) is 5.75 Å². The molecule has 0 aliphatic rings. The lowest BCUT2D eigenvalue weighted by atomic mass is 10.2. The van der Waals surface area contributed by atoms with Crippen molar-refractivity contribution in [2.24, 2.45) is 0 Å². The van der Waals surface area contributed by atoms with Crippen molar-refractivity contribution in [1.82, 2.24) is 0 Å². The zero-order chi connectivity index (χ0) is 24.2. The molecule has 1 N–H and O–H groups in total. The van der Waals surface area contributed by atoms with Gasteiger partial charge in [-0.2, -0.15) is 0 Å². The minimum absolute atomic E-state index is 0.0217. The minimum atomic E-state index is -4.11. The Morgan fingerprint density at radius 3 is 2.24 bits per heavy atom. The molecule has 0 atom stereocenters. The molecule has 0 aromatic heterocycles. The van der Waals surface area contributed by atoms with Gasteiger partial charge in [-0.3, -0.25) is 9.10 Å². The SMILES string of the molecule is Cc1ccc(S(=O)(=O)N(CC(=O)Nc2ccc(OC(C)C)cc2)c2cccc(Cl)c2Cl)cc1. The van der Waals surface area contributed by atoms with Crippen LogP contribution in [0.5, 0.6) is 5.75 Å². The quantitative estimate of drug-likeness (QED) is 0.411. The molecule has 0 bridgehead atoms. The number of hydrogen-bond donors (Lipinski definition) is 1. The average molecular weight is 507 g/mol. The van der Waals surface area contributed by atoms with Gasteiger partial charge in [-0.1, -0.05) is 47.0 Å². The van der Waals surface area contributed by atoms with Gasteiger partial charge in [-0.15, -0.1) is 0 Å². The second kappa shape index (κ2) is 10.5. The number of carbonyl (C=O) groups excluding carboxylic acids is 1. The number of aryl methyl sites for hydroxylation is 1. The highest BCUT2D eigenvalue weighted by Crippen LogP contribution is 2.35. The van der Waals surface area contributed by atoms with Crippen LogP contribution in [0, 0.1) is 6.92 Å². The van der Waals surface area contributed by atoms with Crippen molar-refractivity contribution >= 4 is 50.5 Å². The molecule has 0 spiro atoms. The third-order valence-corrected chi connectivity index (χ3v) is 7.19. The Morgan fingerprint density at radius 1 is 1.00 bits per heavy atom. The molecule has 33 heavy (non-hydrogen) atoms. The summed E-state index contributed by atoms with van der Waals surface area (Å²) in [6, 6.07) is 17.8. The van der Waals surface area contributed by atoms with E-state index in [1.807, 2.05) is 20.8 Å². The Hall–Kier alpha value is -2.74. The van der Waals surface area contributed by atoms with E-state index < -0.39 is 22.5 Å². The topological polar surface area (TPSA) is 75.7 Å². The molecule has 174 valence electrons. The fourth-order valence-corrected chi connectivity index (χ4v) is 4.92. The fraction of sp³-hybridized carbons (Fsp3) is 0.208. The molecular formula is C24H24Cl2N2O4S. The minimum Gasteiger partial charge on any atom is -0.491 e. The van der Waals surface area contributed by atoms with Crippen LogP contribution in [0.4, 0.5) is 11.4 Å². The molecule has 0 aliphatic heterocycles. The number of carbonyl (C=O) groups is 1. The predicted molar refractivity (Wildman–Crippen MR) is 133 cm³/mol. The Morgan fingerprint density at radius 2 is 1.64 bits per heavy atom. The summed E-state index contributed by atoms with van der Waals surface area (Å²) in [6.45, 7) is 5.19. The van der Waals surface area contributed by atoms with Crippen molar-refractivity contribution in [1.29, 1.82) is 0 Å². The number of ether oxygens (including phenoxy) is 1. The smallest absolute Gasteiger partial charge is 0.264 e. The first-order valence-electron chi connectivity index (χ1n) is 10.2. The third-order valence-electron chi connectivity index (χ3n) is 4.61. The van der Waals surface area contributed by atoms with Gasteiger partial charge in [-0.05, 0) is 69.3 Å². The summed E-state index contributed by atoms with van der Waals surface area (Å²) >= 11 is 12.5. The lowest BCUT2D eigenvalue weighted by Crippen LogP contribution is -2.38. The van der Waals surface area contributed by atoms with E-state index in [2.05, 4.69) is 5.32 Å². The number of halogens is 2.